The van der Waals surface area contributed by atoms with Crippen molar-refractivity contribution in [3.05, 3.63) is 24.4 Å². The Balaban J connectivity index is 1.29. The van der Waals surface area contributed by atoms with Gasteiger partial charge in [-0.2, -0.15) is 10.1 Å². The maximum absolute atomic E-state index is 12.1. The van der Waals surface area contributed by atoms with Gasteiger partial charge in [0.2, 0.25) is 5.82 Å². The van der Waals surface area contributed by atoms with E-state index in [2.05, 4.69) is 29.1 Å². The molecular weight excluding hydrogens is 372 g/mol. The Morgan fingerprint density at radius 2 is 2.00 bits per heavy atom. The highest BCUT2D eigenvalue weighted by Crippen LogP contribution is 2.27. The third-order valence-corrected chi connectivity index (χ3v) is 5.36. The number of anilines is 1. The molecule has 0 spiro atoms. The number of hydrogen-bond acceptors (Lipinski definition) is 7. The summed E-state index contributed by atoms with van der Waals surface area (Å²) in [5.74, 6) is 0.550. The molecule has 0 atom stereocenters. The van der Waals surface area contributed by atoms with Crippen molar-refractivity contribution >= 4 is 23.0 Å². The van der Waals surface area contributed by atoms with Gasteiger partial charge in [0.25, 0.3) is 0 Å². The molecule has 3 heterocycles. The molecule has 0 N–H and O–H groups in total. The Morgan fingerprint density at radius 3 is 2.72 bits per heavy atom. The van der Waals surface area contributed by atoms with Crippen LogP contribution in [0.1, 0.15) is 32.7 Å². The molecule has 0 radical (unpaired) electrons. The average molecular weight is 396 g/mol. The van der Waals surface area contributed by atoms with Crippen LogP contribution in [0.4, 0.5) is 10.8 Å². The highest BCUT2D eigenvalue weighted by Gasteiger charge is 2.31. The van der Waals surface area contributed by atoms with Gasteiger partial charge in [0.05, 0.1) is 11.7 Å². The first-order chi connectivity index (χ1) is 14.1. The van der Waals surface area contributed by atoms with Crippen molar-refractivity contribution in [3.63, 3.8) is 0 Å². The van der Waals surface area contributed by atoms with Gasteiger partial charge < -0.3 is 19.1 Å². The van der Waals surface area contributed by atoms with Crippen molar-refractivity contribution in [3.8, 4) is 11.4 Å². The predicted molar refractivity (Wildman–Crippen MR) is 107 cm³/mol. The fourth-order valence-electron chi connectivity index (χ4n) is 3.53. The number of hydrogen-bond donors (Lipinski definition) is 0. The topological polar surface area (TPSA) is 89.5 Å². The molecule has 2 aliphatic rings. The van der Waals surface area contributed by atoms with Crippen LogP contribution in [0.3, 0.4) is 0 Å². The molecule has 5 rings (SSSR count). The summed E-state index contributed by atoms with van der Waals surface area (Å²) in [7, 11) is 0. The summed E-state index contributed by atoms with van der Waals surface area (Å²) in [5, 5.41) is 9.70. The lowest BCUT2D eigenvalue weighted by Gasteiger charge is -2.32. The first-order valence-electron chi connectivity index (χ1n) is 10.1. The highest BCUT2D eigenvalue weighted by atomic mass is 16.6. The molecule has 1 saturated carbocycles. The predicted octanol–water partition coefficient (Wildman–Crippen LogP) is 3.09. The van der Waals surface area contributed by atoms with Gasteiger partial charge in [0.1, 0.15) is 6.10 Å². The number of amides is 1. The molecule has 152 valence electrons. The summed E-state index contributed by atoms with van der Waals surface area (Å²) >= 11 is 0. The quantitative estimate of drug-likeness (QED) is 0.669. The zero-order valence-electron chi connectivity index (χ0n) is 16.6. The Kier molecular flexibility index (Phi) is 4.37. The van der Waals surface area contributed by atoms with Crippen LogP contribution < -0.4 is 4.90 Å². The van der Waals surface area contributed by atoms with Crippen LogP contribution in [0.25, 0.3) is 22.3 Å². The number of carbonyl (C=O) groups is 1. The van der Waals surface area contributed by atoms with E-state index in [9.17, 15) is 4.79 Å². The van der Waals surface area contributed by atoms with Crippen LogP contribution in [-0.2, 0) is 4.74 Å². The van der Waals surface area contributed by atoms with Crippen molar-refractivity contribution in [1.29, 1.82) is 0 Å². The molecule has 9 nitrogen and oxygen atoms in total. The SMILES string of the molecule is CC(C)n1ncc2ccc(-c3noc(N4CCN(C(=O)OC5CC5)CC4)n3)cc21. The third-order valence-electron chi connectivity index (χ3n) is 5.36. The zero-order valence-corrected chi connectivity index (χ0v) is 16.6. The number of benzene rings is 1. The Morgan fingerprint density at radius 1 is 1.21 bits per heavy atom. The van der Waals surface area contributed by atoms with Gasteiger partial charge in [0, 0.05) is 43.2 Å². The Labute approximate surface area is 168 Å². The van der Waals surface area contributed by atoms with Crippen molar-refractivity contribution in [2.24, 2.45) is 0 Å². The van der Waals surface area contributed by atoms with Gasteiger partial charge in [-0.15, -0.1) is 0 Å². The second kappa shape index (κ2) is 7.06. The van der Waals surface area contributed by atoms with Crippen LogP contribution in [0, 0.1) is 0 Å². The van der Waals surface area contributed by atoms with Crippen LogP contribution in [0.5, 0.6) is 0 Å². The van der Waals surface area contributed by atoms with Gasteiger partial charge in [-0.1, -0.05) is 17.3 Å². The smallest absolute Gasteiger partial charge is 0.410 e. The minimum Gasteiger partial charge on any atom is -0.446 e. The van der Waals surface area contributed by atoms with Gasteiger partial charge in [-0.3, -0.25) is 4.68 Å². The van der Waals surface area contributed by atoms with Crippen LogP contribution >= 0.6 is 0 Å². The molecule has 2 aromatic heterocycles. The van der Waals surface area contributed by atoms with Crippen LogP contribution in [0.2, 0.25) is 0 Å². The molecule has 1 saturated heterocycles. The van der Waals surface area contributed by atoms with Gasteiger partial charge in [-0.25, -0.2) is 4.79 Å². The van der Waals surface area contributed by atoms with Gasteiger partial charge in [0.15, 0.2) is 0 Å². The van der Waals surface area contributed by atoms with E-state index in [1.165, 1.54) is 0 Å². The number of aromatic nitrogens is 4. The number of carbonyl (C=O) groups excluding carboxylic acids is 1. The molecule has 29 heavy (non-hydrogen) atoms. The third kappa shape index (κ3) is 3.52. The van der Waals surface area contributed by atoms with E-state index >= 15 is 0 Å². The fraction of sp³-hybridized carbons (Fsp3) is 0.500. The van der Waals surface area contributed by atoms with E-state index < -0.39 is 0 Å². The second-order valence-electron chi connectivity index (χ2n) is 7.91. The van der Waals surface area contributed by atoms with Crippen molar-refractivity contribution in [2.75, 3.05) is 31.1 Å². The summed E-state index contributed by atoms with van der Waals surface area (Å²) < 4.78 is 12.9. The van der Waals surface area contributed by atoms with Crippen molar-refractivity contribution in [1.82, 2.24) is 24.8 Å². The first kappa shape index (κ1) is 18.0. The molecule has 1 aliphatic heterocycles. The number of nitrogens with zero attached hydrogens (tertiary/aromatic N) is 6. The van der Waals surface area contributed by atoms with Crippen molar-refractivity contribution in [2.45, 2.75) is 38.8 Å². The fourth-order valence-corrected chi connectivity index (χ4v) is 3.53. The summed E-state index contributed by atoms with van der Waals surface area (Å²) in [6.45, 7) is 6.66. The van der Waals surface area contributed by atoms with E-state index in [1.54, 1.807) is 4.90 Å². The van der Waals surface area contributed by atoms with Crippen molar-refractivity contribution < 1.29 is 14.1 Å². The van der Waals surface area contributed by atoms with Crippen LogP contribution in [0.15, 0.2) is 28.9 Å². The molecule has 3 aromatic rings. The lowest BCUT2D eigenvalue weighted by atomic mass is 10.1. The molecule has 1 amide bonds. The monoisotopic (exact) mass is 396 g/mol. The van der Waals surface area contributed by atoms with E-state index in [4.69, 9.17) is 9.26 Å². The number of rotatable bonds is 4. The van der Waals surface area contributed by atoms with Gasteiger partial charge >= 0.3 is 12.1 Å². The van der Waals surface area contributed by atoms with E-state index in [0.29, 0.717) is 38.0 Å². The second-order valence-corrected chi connectivity index (χ2v) is 7.91. The Hall–Kier alpha value is -3.10. The lowest BCUT2D eigenvalue weighted by molar-refractivity contribution is 0.0934. The molecule has 2 fully saturated rings. The first-order valence-corrected chi connectivity index (χ1v) is 10.1. The van der Waals surface area contributed by atoms with Gasteiger partial charge in [-0.05, 0) is 32.8 Å². The number of fused-ring (bicyclic) bond motifs is 1. The largest absolute Gasteiger partial charge is 0.446 e. The molecule has 1 aromatic carbocycles. The summed E-state index contributed by atoms with van der Waals surface area (Å²) in [6.07, 6.45) is 3.76. The lowest BCUT2D eigenvalue weighted by Crippen LogP contribution is -2.49. The minimum absolute atomic E-state index is 0.128. The molecule has 0 bridgehead atoms. The van der Waals surface area contributed by atoms with E-state index in [1.807, 2.05) is 34.0 Å². The molecule has 1 aliphatic carbocycles. The van der Waals surface area contributed by atoms with Crippen LogP contribution in [-0.4, -0.2) is 63.2 Å². The summed E-state index contributed by atoms with van der Waals surface area (Å²) in [4.78, 5) is 20.4. The average Bonchev–Trinajstić information content (AvgIpc) is 3.24. The summed E-state index contributed by atoms with van der Waals surface area (Å²) in [5.41, 5.74) is 1.94. The zero-order chi connectivity index (χ0) is 20.0. The summed E-state index contributed by atoms with van der Waals surface area (Å²) in [6, 6.07) is 6.80. The minimum atomic E-state index is -0.214. The molecular formula is C20H24N6O3. The van der Waals surface area contributed by atoms with E-state index in [-0.39, 0.29) is 18.2 Å². The molecule has 0 unspecified atom stereocenters. The Bertz CT molecular complexity index is 1030. The number of ether oxygens (including phenoxy) is 1. The highest BCUT2D eigenvalue weighted by molar-refractivity contribution is 5.83. The molecule has 9 heteroatoms. The maximum Gasteiger partial charge on any atom is 0.410 e. The number of piperazine rings is 1. The normalized spacial score (nSPS) is 17.3. The standard InChI is InChI=1S/C20H24N6O3/c1-13(2)26-17-11-14(3-4-15(17)12-21-26)18-22-19(29-23-18)24-7-9-25(10-8-24)20(27)28-16-5-6-16/h3-4,11-13,16H,5-10H2,1-2H3. The maximum atomic E-state index is 12.1. The van der Waals surface area contributed by atoms with E-state index in [0.717, 1.165) is 29.3 Å².